The third-order valence-corrected chi connectivity index (χ3v) is 4.23. The lowest BCUT2D eigenvalue weighted by atomic mass is 9.89. The molecule has 2 heterocycles. The fourth-order valence-electron chi connectivity index (χ4n) is 1.87. The molecule has 1 aromatic rings. The Hall–Kier alpha value is -1.15. The minimum absolute atomic E-state index is 0.0171. The quantitative estimate of drug-likeness (QED) is 0.754. The lowest BCUT2D eigenvalue weighted by molar-refractivity contribution is -0.124. The second-order valence-corrected chi connectivity index (χ2v) is 6.45. The molecular formula is C11H17N5O2S. The van der Waals surface area contributed by atoms with Crippen LogP contribution in [0.3, 0.4) is 0 Å². The van der Waals surface area contributed by atoms with Crippen LogP contribution in [0.1, 0.15) is 25.8 Å². The number of hydrogen-bond donors (Lipinski definition) is 1. The number of carbonyl (C=O) groups is 1. The molecule has 1 N–H and O–H groups in total. The number of hydrogen-bond acceptors (Lipinski definition) is 6. The van der Waals surface area contributed by atoms with Crippen molar-refractivity contribution in [2.75, 3.05) is 25.5 Å². The van der Waals surface area contributed by atoms with E-state index in [2.05, 4.69) is 27.8 Å². The molecule has 1 amide bonds. The predicted molar refractivity (Wildman–Crippen MR) is 68.7 cm³/mol. The summed E-state index contributed by atoms with van der Waals surface area (Å²) in [5, 5.41) is 15.2. The van der Waals surface area contributed by atoms with Gasteiger partial charge in [0, 0.05) is 12.0 Å². The Kier molecular flexibility index (Phi) is 3.44. The average molecular weight is 283 g/mol. The molecule has 2 fully saturated rings. The van der Waals surface area contributed by atoms with Gasteiger partial charge in [0.1, 0.15) is 0 Å². The smallest absolute Gasteiger partial charge is 0.230 e. The zero-order valence-corrected chi connectivity index (χ0v) is 11.7. The molecule has 1 aliphatic heterocycles. The maximum Gasteiger partial charge on any atom is 0.230 e. The molecule has 2 aliphatic rings. The molecular weight excluding hydrogens is 266 g/mol. The van der Waals surface area contributed by atoms with Crippen LogP contribution in [0.15, 0.2) is 5.16 Å². The number of nitrogens with one attached hydrogen (secondary N) is 1. The molecule has 8 heteroatoms. The van der Waals surface area contributed by atoms with Crippen LogP contribution in [0, 0.1) is 5.41 Å². The lowest BCUT2D eigenvalue weighted by Crippen LogP contribution is -2.48. The third kappa shape index (κ3) is 3.06. The third-order valence-electron chi connectivity index (χ3n) is 3.30. The molecule has 0 aromatic carbocycles. The summed E-state index contributed by atoms with van der Waals surface area (Å²) in [6, 6.07) is 0.437. The van der Waals surface area contributed by atoms with E-state index < -0.39 is 0 Å². The van der Waals surface area contributed by atoms with Crippen molar-refractivity contribution in [2.45, 2.75) is 31.0 Å². The minimum atomic E-state index is 0.0171. The lowest BCUT2D eigenvalue weighted by Gasteiger charge is -2.37. The highest BCUT2D eigenvalue weighted by molar-refractivity contribution is 7.99. The van der Waals surface area contributed by atoms with E-state index in [1.165, 1.54) is 11.8 Å². The Morgan fingerprint density at radius 2 is 2.37 bits per heavy atom. The van der Waals surface area contributed by atoms with E-state index in [4.69, 9.17) is 4.74 Å². The summed E-state index contributed by atoms with van der Waals surface area (Å²) >= 11 is 1.39. The van der Waals surface area contributed by atoms with Gasteiger partial charge in [0.05, 0.1) is 25.0 Å². The molecule has 7 nitrogen and oxygen atoms in total. The topological polar surface area (TPSA) is 81.9 Å². The fourth-order valence-corrected chi connectivity index (χ4v) is 2.65. The van der Waals surface area contributed by atoms with Gasteiger partial charge in [0.2, 0.25) is 11.1 Å². The number of ether oxygens (including phenoxy) is 1. The van der Waals surface area contributed by atoms with Crippen LogP contribution in [-0.2, 0) is 9.53 Å². The van der Waals surface area contributed by atoms with Gasteiger partial charge in [-0.3, -0.25) is 4.79 Å². The summed E-state index contributed by atoms with van der Waals surface area (Å²) in [4.78, 5) is 11.8. The largest absolute Gasteiger partial charge is 0.380 e. The highest BCUT2D eigenvalue weighted by atomic mass is 32.2. The van der Waals surface area contributed by atoms with E-state index in [-0.39, 0.29) is 11.3 Å². The van der Waals surface area contributed by atoms with Gasteiger partial charge in [-0.2, -0.15) is 0 Å². The van der Waals surface area contributed by atoms with E-state index in [1.54, 1.807) is 0 Å². The highest BCUT2D eigenvalue weighted by Gasteiger charge is 2.33. The first-order valence-electron chi connectivity index (χ1n) is 6.41. The van der Waals surface area contributed by atoms with Crippen molar-refractivity contribution in [3.63, 3.8) is 0 Å². The maximum atomic E-state index is 11.8. The molecule has 1 saturated heterocycles. The zero-order chi connectivity index (χ0) is 13.3. The number of tetrazole rings is 1. The van der Waals surface area contributed by atoms with E-state index in [0.29, 0.717) is 18.3 Å². The highest BCUT2D eigenvalue weighted by Crippen LogP contribution is 2.36. The molecule has 0 bridgehead atoms. The first-order valence-corrected chi connectivity index (χ1v) is 7.40. The van der Waals surface area contributed by atoms with E-state index in [9.17, 15) is 4.79 Å². The Morgan fingerprint density at radius 1 is 1.58 bits per heavy atom. The summed E-state index contributed by atoms with van der Waals surface area (Å²) in [5.41, 5.74) is 0.107. The maximum absolute atomic E-state index is 11.8. The van der Waals surface area contributed by atoms with E-state index in [0.717, 1.165) is 31.2 Å². The Balaban J connectivity index is 1.43. The second kappa shape index (κ2) is 5.09. The van der Waals surface area contributed by atoms with Gasteiger partial charge in [-0.25, -0.2) is 4.68 Å². The van der Waals surface area contributed by atoms with E-state index in [1.807, 2.05) is 4.68 Å². The number of aromatic nitrogens is 4. The van der Waals surface area contributed by atoms with Crippen LogP contribution in [0.25, 0.3) is 0 Å². The standard InChI is InChI=1S/C11H17N5O2S/c1-11(6-18-7-11)5-12-9(17)4-19-10-13-14-15-16(10)8-2-3-8/h8H,2-7H2,1H3,(H,12,17). The zero-order valence-electron chi connectivity index (χ0n) is 10.8. The van der Waals surface area contributed by atoms with Crippen LogP contribution >= 0.6 is 11.8 Å². The number of thioether (sulfide) groups is 1. The average Bonchev–Trinajstić information content (AvgIpc) is 3.11. The van der Waals surface area contributed by atoms with Gasteiger partial charge in [0.25, 0.3) is 0 Å². The molecule has 104 valence electrons. The molecule has 0 radical (unpaired) electrons. The van der Waals surface area contributed by atoms with Gasteiger partial charge in [-0.15, -0.1) is 5.10 Å². The summed E-state index contributed by atoms with van der Waals surface area (Å²) < 4.78 is 6.97. The van der Waals surface area contributed by atoms with Crippen LogP contribution in [-0.4, -0.2) is 51.6 Å². The van der Waals surface area contributed by atoms with Crippen LogP contribution in [0.2, 0.25) is 0 Å². The van der Waals surface area contributed by atoms with Gasteiger partial charge in [0.15, 0.2) is 0 Å². The fraction of sp³-hybridized carbons (Fsp3) is 0.818. The number of rotatable bonds is 6. The molecule has 0 spiro atoms. The second-order valence-electron chi connectivity index (χ2n) is 5.51. The van der Waals surface area contributed by atoms with Crippen molar-refractivity contribution in [3.8, 4) is 0 Å². The molecule has 1 aromatic heterocycles. The summed E-state index contributed by atoms with van der Waals surface area (Å²) in [6.07, 6.45) is 2.26. The van der Waals surface area contributed by atoms with Crippen LogP contribution in [0.4, 0.5) is 0 Å². The first-order chi connectivity index (χ1) is 9.16. The summed E-state index contributed by atoms with van der Waals surface area (Å²) in [7, 11) is 0. The van der Waals surface area contributed by atoms with Gasteiger partial charge >= 0.3 is 0 Å². The Bertz CT molecular complexity index is 469. The number of nitrogens with zero attached hydrogens (tertiary/aromatic N) is 4. The first kappa shape index (κ1) is 12.9. The minimum Gasteiger partial charge on any atom is -0.380 e. The molecule has 19 heavy (non-hydrogen) atoms. The number of carbonyl (C=O) groups excluding carboxylic acids is 1. The Labute approximate surface area is 115 Å². The monoisotopic (exact) mass is 283 g/mol. The normalized spacial score (nSPS) is 20.9. The van der Waals surface area contributed by atoms with Crippen LogP contribution in [0.5, 0.6) is 0 Å². The SMILES string of the molecule is CC1(CNC(=O)CSc2nnnn2C2CC2)COC1. The van der Waals surface area contributed by atoms with Gasteiger partial charge < -0.3 is 10.1 Å². The molecule has 0 atom stereocenters. The van der Waals surface area contributed by atoms with E-state index >= 15 is 0 Å². The molecule has 0 unspecified atom stereocenters. The van der Waals surface area contributed by atoms with Crippen molar-refractivity contribution in [1.82, 2.24) is 25.5 Å². The molecule has 3 rings (SSSR count). The van der Waals surface area contributed by atoms with Crippen molar-refractivity contribution >= 4 is 17.7 Å². The van der Waals surface area contributed by atoms with Gasteiger partial charge in [-0.1, -0.05) is 18.7 Å². The summed E-state index contributed by atoms with van der Waals surface area (Å²) in [5.74, 6) is 0.368. The summed E-state index contributed by atoms with van der Waals surface area (Å²) in [6.45, 7) is 4.22. The van der Waals surface area contributed by atoms with Crippen molar-refractivity contribution in [3.05, 3.63) is 0 Å². The van der Waals surface area contributed by atoms with Crippen molar-refractivity contribution in [1.29, 1.82) is 0 Å². The van der Waals surface area contributed by atoms with Crippen LogP contribution < -0.4 is 5.32 Å². The van der Waals surface area contributed by atoms with Crippen molar-refractivity contribution in [2.24, 2.45) is 5.41 Å². The Morgan fingerprint density at radius 3 is 3.00 bits per heavy atom. The van der Waals surface area contributed by atoms with Crippen molar-refractivity contribution < 1.29 is 9.53 Å². The van der Waals surface area contributed by atoms with Gasteiger partial charge in [-0.05, 0) is 23.3 Å². The number of amides is 1. The molecule has 1 aliphatic carbocycles. The predicted octanol–water partition coefficient (Wildman–Crippen LogP) is 0.253. The molecule has 1 saturated carbocycles.